The van der Waals surface area contributed by atoms with Crippen LogP contribution in [0.1, 0.15) is 24.6 Å². The Kier molecular flexibility index (Phi) is 1.88. The van der Waals surface area contributed by atoms with Gasteiger partial charge in [0.2, 0.25) is 0 Å². The number of ketones is 1. The minimum absolute atomic E-state index is 0.0866. The predicted octanol–water partition coefficient (Wildman–Crippen LogP) is 3.13. The molecule has 0 saturated heterocycles. The van der Waals surface area contributed by atoms with Crippen molar-refractivity contribution in [3.63, 3.8) is 0 Å². The second-order valence-electron chi connectivity index (χ2n) is 3.24. The van der Waals surface area contributed by atoms with Gasteiger partial charge in [-0.3, -0.25) is 4.79 Å². The van der Waals surface area contributed by atoms with Crippen LogP contribution in [-0.2, 0) is 10.2 Å². The molecule has 0 aliphatic heterocycles. The summed E-state index contributed by atoms with van der Waals surface area (Å²) in [5, 5.41) is 0. The summed E-state index contributed by atoms with van der Waals surface area (Å²) in [7, 11) is 0. The van der Waals surface area contributed by atoms with Crippen molar-refractivity contribution in [3.8, 4) is 0 Å². The zero-order chi connectivity index (χ0) is 8.77. The highest BCUT2D eigenvalue weighted by molar-refractivity contribution is 9.11. The number of hydrogen-bond acceptors (Lipinski definition) is 2. The van der Waals surface area contributed by atoms with Gasteiger partial charge in [-0.05, 0) is 47.8 Å². The third-order valence-corrected chi connectivity index (χ3v) is 4.30. The molecule has 0 N–H and O–H groups in total. The molecule has 1 nitrogen and oxygen atoms in total. The number of rotatable bonds is 2. The molecule has 0 amide bonds. The van der Waals surface area contributed by atoms with Crippen LogP contribution >= 0.6 is 27.3 Å². The first kappa shape index (κ1) is 8.45. The highest BCUT2D eigenvalue weighted by atomic mass is 79.9. The van der Waals surface area contributed by atoms with E-state index < -0.39 is 0 Å². The van der Waals surface area contributed by atoms with Crippen LogP contribution in [0.2, 0.25) is 0 Å². The standard InChI is InChI=1S/C9H9BrOS/c1-6(11)9(4-5-9)7-2-3-8(10)12-7/h2-3H,4-5H2,1H3. The molecule has 0 aromatic carbocycles. The molecule has 1 aliphatic rings. The van der Waals surface area contributed by atoms with Crippen LogP contribution in [0, 0.1) is 0 Å². The van der Waals surface area contributed by atoms with Gasteiger partial charge in [0.1, 0.15) is 5.78 Å². The van der Waals surface area contributed by atoms with Crippen LogP contribution in [0.4, 0.5) is 0 Å². The molecule has 0 radical (unpaired) electrons. The van der Waals surface area contributed by atoms with Gasteiger partial charge < -0.3 is 0 Å². The summed E-state index contributed by atoms with van der Waals surface area (Å²) in [6, 6.07) is 4.08. The maximum atomic E-state index is 11.3. The minimum atomic E-state index is -0.0866. The van der Waals surface area contributed by atoms with Gasteiger partial charge in [-0.25, -0.2) is 0 Å². The molecule has 64 valence electrons. The van der Waals surface area contributed by atoms with Crippen molar-refractivity contribution in [3.05, 3.63) is 20.8 Å². The molecular weight excluding hydrogens is 236 g/mol. The Hall–Kier alpha value is -0.150. The lowest BCUT2D eigenvalue weighted by molar-refractivity contribution is -0.119. The lowest BCUT2D eigenvalue weighted by Gasteiger charge is -2.06. The van der Waals surface area contributed by atoms with E-state index in [1.165, 1.54) is 4.88 Å². The van der Waals surface area contributed by atoms with E-state index >= 15 is 0 Å². The van der Waals surface area contributed by atoms with Crippen LogP contribution in [-0.4, -0.2) is 5.78 Å². The largest absolute Gasteiger partial charge is 0.299 e. The van der Waals surface area contributed by atoms with Crippen molar-refractivity contribution in [2.75, 3.05) is 0 Å². The van der Waals surface area contributed by atoms with E-state index in [4.69, 9.17) is 0 Å². The van der Waals surface area contributed by atoms with E-state index in [0.717, 1.165) is 16.6 Å². The summed E-state index contributed by atoms with van der Waals surface area (Å²) in [6.07, 6.45) is 2.07. The number of thiophene rings is 1. The Morgan fingerprint density at radius 1 is 1.58 bits per heavy atom. The molecule has 1 fully saturated rings. The molecular formula is C9H9BrOS. The van der Waals surface area contributed by atoms with E-state index in [0.29, 0.717) is 5.78 Å². The van der Waals surface area contributed by atoms with Crippen LogP contribution in [0.3, 0.4) is 0 Å². The highest BCUT2D eigenvalue weighted by Crippen LogP contribution is 2.51. The first-order chi connectivity index (χ1) is 5.65. The summed E-state index contributed by atoms with van der Waals surface area (Å²) in [6.45, 7) is 1.70. The quantitative estimate of drug-likeness (QED) is 0.782. The fourth-order valence-corrected chi connectivity index (χ4v) is 3.15. The molecule has 2 rings (SSSR count). The van der Waals surface area contributed by atoms with Crippen molar-refractivity contribution in [2.45, 2.75) is 25.2 Å². The first-order valence-corrected chi connectivity index (χ1v) is 5.53. The fraction of sp³-hybridized carbons (Fsp3) is 0.444. The van der Waals surface area contributed by atoms with Crippen molar-refractivity contribution in [2.24, 2.45) is 0 Å². The maximum absolute atomic E-state index is 11.3. The molecule has 1 aliphatic carbocycles. The average molecular weight is 245 g/mol. The van der Waals surface area contributed by atoms with Gasteiger partial charge in [0.25, 0.3) is 0 Å². The predicted molar refractivity (Wildman–Crippen MR) is 53.6 cm³/mol. The lowest BCUT2D eigenvalue weighted by Crippen LogP contribution is -2.14. The Balaban J connectivity index is 2.36. The van der Waals surface area contributed by atoms with Crippen LogP contribution in [0.25, 0.3) is 0 Å². The third kappa shape index (κ3) is 1.15. The van der Waals surface area contributed by atoms with Crippen LogP contribution in [0.15, 0.2) is 15.9 Å². The van der Waals surface area contributed by atoms with E-state index in [1.807, 2.05) is 6.07 Å². The Morgan fingerprint density at radius 2 is 2.25 bits per heavy atom. The number of Topliss-reactive ketones (excluding diaryl/α,β-unsaturated/α-hetero) is 1. The van der Waals surface area contributed by atoms with Crippen molar-refractivity contribution in [1.29, 1.82) is 0 Å². The number of carbonyl (C=O) groups excluding carboxylic acids is 1. The average Bonchev–Trinajstić information content (AvgIpc) is 2.71. The Labute approximate surface area is 83.9 Å². The fourth-order valence-electron chi connectivity index (χ4n) is 1.47. The molecule has 0 unspecified atom stereocenters. The summed E-state index contributed by atoms with van der Waals surface area (Å²) in [5.74, 6) is 0.317. The van der Waals surface area contributed by atoms with Crippen molar-refractivity contribution in [1.82, 2.24) is 0 Å². The summed E-state index contributed by atoms with van der Waals surface area (Å²) < 4.78 is 1.12. The molecule has 1 heterocycles. The SMILES string of the molecule is CC(=O)C1(c2ccc(Br)s2)CC1. The van der Waals surface area contributed by atoms with Crippen molar-refractivity contribution >= 4 is 33.0 Å². The molecule has 0 spiro atoms. The Bertz CT molecular complexity index is 325. The molecule has 1 aromatic heterocycles. The number of carbonyl (C=O) groups is 1. The van der Waals surface area contributed by atoms with E-state index in [2.05, 4.69) is 22.0 Å². The zero-order valence-electron chi connectivity index (χ0n) is 6.76. The van der Waals surface area contributed by atoms with Gasteiger partial charge in [-0.1, -0.05) is 0 Å². The van der Waals surface area contributed by atoms with Crippen LogP contribution in [0.5, 0.6) is 0 Å². The molecule has 1 aromatic rings. The second-order valence-corrected chi connectivity index (χ2v) is 5.71. The van der Waals surface area contributed by atoms with Crippen LogP contribution < -0.4 is 0 Å². The van der Waals surface area contributed by atoms with Gasteiger partial charge in [0, 0.05) is 4.88 Å². The zero-order valence-corrected chi connectivity index (χ0v) is 9.17. The molecule has 1 saturated carbocycles. The molecule has 0 bridgehead atoms. The van der Waals surface area contributed by atoms with Gasteiger partial charge in [0.15, 0.2) is 0 Å². The highest BCUT2D eigenvalue weighted by Gasteiger charge is 2.49. The monoisotopic (exact) mass is 244 g/mol. The third-order valence-electron chi connectivity index (χ3n) is 2.47. The molecule has 0 atom stereocenters. The molecule has 12 heavy (non-hydrogen) atoms. The summed E-state index contributed by atoms with van der Waals surface area (Å²) in [5.41, 5.74) is -0.0866. The summed E-state index contributed by atoms with van der Waals surface area (Å²) >= 11 is 5.09. The van der Waals surface area contributed by atoms with E-state index in [1.54, 1.807) is 18.3 Å². The van der Waals surface area contributed by atoms with E-state index in [9.17, 15) is 4.79 Å². The Morgan fingerprint density at radius 3 is 2.58 bits per heavy atom. The van der Waals surface area contributed by atoms with Gasteiger partial charge in [0.05, 0.1) is 9.20 Å². The maximum Gasteiger partial charge on any atom is 0.141 e. The normalized spacial score (nSPS) is 19.2. The number of hydrogen-bond donors (Lipinski definition) is 0. The number of halogens is 1. The molecule has 3 heteroatoms. The second kappa shape index (κ2) is 2.67. The van der Waals surface area contributed by atoms with E-state index in [-0.39, 0.29) is 5.41 Å². The smallest absolute Gasteiger partial charge is 0.141 e. The minimum Gasteiger partial charge on any atom is -0.299 e. The van der Waals surface area contributed by atoms with Gasteiger partial charge in [-0.2, -0.15) is 0 Å². The van der Waals surface area contributed by atoms with Crippen molar-refractivity contribution < 1.29 is 4.79 Å². The van der Waals surface area contributed by atoms with Gasteiger partial charge >= 0.3 is 0 Å². The topological polar surface area (TPSA) is 17.1 Å². The first-order valence-electron chi connectivity index (χ1n) is 3.92. The summed E-state index contributed by atoms with van der Waals surface area (Å²) in [4.78, 5) is 12.6. The van der Waals surface area contributed by atoms with Gasteiger partial charge in [-0.15, -0.1) is 11.3 Å². The lowest BCUT2D eigenvalue weighted by atomic mass is 10.0.